The van der Waals surface area contributed by atoms with Gasteiger partial charge in [-0.25, -0.2) is 0 Å². The highest BCUT2D eigenvalue weighted by atomic mass is 15.1. The van der Waals surface area contributed by atoms with Crippen LogP contribution in [0.25, 0.3) is 0 Å². The van der Waals surface area contributed by atoms with Crippen LogP contribution < -0.4 is 5.73 Å². The van der Waals surface area contributed by atoms with Gasteiger partial charge in [-0.1, -0.05) is 0 Å². The Morgan fingerprint density at radius 2 is 2.58 bits per heavy atom. The summed E-state index contributed by atoms with van der Waals surface area (Å²) in [5.74, 6) is 0.659. The molecule has 2 rings (SSSR count). The van der Waals surface area contributed by atoms with Crippen molar-refractivity contribution >= 4 is 0 Å². The van der Waals surface area contributed by atoms with E-state index in [4.69, 9.17) is 5.73 Å². The summed E-state index contributed by atoms with van der Waals surface area (Å²) in [7, 11) is 0. The molecule has 1 aromatic rings. The van der Waals surface area contributed by atoms with E-state index < -0.39 is 0 Å². The van der Waals surface area contributed by atoms with Crippen LogP contribution in [0.15, 0.2) is 6.20 Å². The minimum absolute atomic E-state index is 0.659. The minimum Gasteiger partial charge on any atom is -0.330 e. The van der Waals surface area contributed by atoms with E-state index in [0.29, 0.717) is 5.92 Å². The molecule has 0 aliphatic heterocycles. The number of H-pyrrole nitrogens is 1. The van der Waals surface area contributed by atoms with Gasteiger partial charge in [0.15, 0.2) is 0 Å². The van der Waals surface area contributed by atoms with Crippen molar-refractivity contribution in [3.05, 3.63) is 17.5 Å². The number of hydrogen-bond acceptors (Lipinski definition) is 2. The summed E-state index contributed by atoms with van der Waals surface area (Å²) in [6.07, 6.45) is 6.73. The van der Waals surface area contributed by atoms with Gasteiger partial charge in [-0.3, -0.25) is 5.10 Å². The predicted octanol–water partition coefficient (Wildman–Crippen LogP) is 0.863. The van der Waals surface area contributed by atoms with Crippen LogP contribution in [0, 0.1) is 5.92 Å². The summed E-state index contributed by atoms with van der Waals surface area (Å²) < 4.78 is 0. The number of nitrogens with two attached hydrogens (primary N) is 1. The summed E-state index contributed by atoms with van der Waals surface area (Å²) in [4.78, 5) is 0. The number of aromatic amines is 1. The first-order valence-electron chi connectivity index (χ1n) is 4.61. The Morgan fingerprint density at radius 3 is 3.42 bits per heavy atom. The van der Waals surface area contributed by atoms with Gasteiger partial charge < -0.3 is 5.73 Å². The first kappa shape index (κ1) is 7.80. The van der Waals surface area contributed by atoms with Crippen molar-refractivity contribution in [2.24, 2.45) is 11.7 Å². The maximum absolute atomic E-state index is 5.66. The number of nitrogens with one attached hydrogen (secondary N) is 1. The molecule has 0 saturated carbocycles. The van der Waals surface area contributed by atoms with Gasteiger partial charge >= 0.3 is 0 Å². The largest absolute Gasteiger partial charge is 0.330 e. The first-order chi connectivity index (χ1) is 5.90. The summed E-state index contributed by atoms with van der Waals surface area (Å²) in [5.41, 5.74) is 8.37. The molecule has 0 amide bonds. The molecular formula is C9H15N3. The molecule has 1 aliphatic carbocycles. The zero-order valence-electron chi connectivity index (χ0n) is 7.21. The maximum Gasteiger partial charge on any atom is 0.0522 e. The van der Waals surface area contributed by atoms with Gasteiger partial charge in [0.05, 0.1) is 6.20 Å². The average molecular weight is 165 g/mol. The average Bonchev–Trinajstić information content (AvgIpc) is 2.43. The Hall–Kier alpha value is -0.830. The Kier molecular flexibility index (Phi) is 2.13. The Morgan fingerprint density at radius 1 is 1.67 bits per heavy atom. The molecule has 0 radical (unpaired) electrons. The third-order valence-corrected chi connectivity index (χ3v) is 2.69. The second kappa shape index (κ2) is 3.27. The second-order valence-corrected chi connectivity index (χ2v) is 3.57. The van der Waals surface area contributed by atoms with Crippen molar-refractivity contribution in [3.8, 4) is 0 Å². The lowest BCUT2D eigenvalue weighted by Gasteiger charge is -2.09. The zero-order valence-corrected chi connectivity index (χ0v) is 7.21. The number of hydrogen-bond donors (Lipinski definition) is 2. The van der Waals surface area contributed by atoms with Crippen LogP contribution in [0.1, 0.15) is 24.1 Å². The molecule has 0 aromatic carbocycles. The standard InChI is InChI=1S/C9H15N3/c10-5-7-2-1-3-8-6-11-12-9(8)4-7/h6-7H,1-5,10H2,(H,11,12)/t7-/m0/s1. The fourth-order valence-corrected chi connectivity index (χ4v) is 1.90. The van der Waals surface area contributed by atoms with Gasteiger partial charge in [0, 0.05) is 5.69 Å². The zero-order chi connectivity index (χ0) is 8.39. The van der Waals surface area contributed by atoms with Crippen LogP contribution >= 0.6 is 0 Å². The van der Waals surface area contributed by atoms with Crippen molar-refractivity contribution in [2.45, 2.75) is 25.7 Å². The maximum atomic E-state index is 5.66. The lowest BCUT2D eigenvalue weighted by atomic mass is 10.0. The normalized spacial score (nSPS) is 23.2. The van der Waals surface area contributed by atoms with Crippen LogP contribution in [0.2, 0.25) is 0 Å². The molecule has 0 saturated heterocycles. The van der Waals surface area contributed by atoms with E-state index in [2.05, 4.69) is 10.2 Å². The minimum atomic E-state index is 0.659. The smallest absolute Gasteiger partial charge is 0.0522 e. The molecule has 1 aliphatic rings. The predicted molar refractivity (Wildman–Crippen MR) is 47.8 cm³/mol. The molecule has 0 unspecified atom stereocenters. The molecule has 1 aromatic heterocycles. The monoisotopic (exact) mass is 165 g/mol. The molecular weight excluding hydrogens is 150 g/mol. The Labute approximate surface area is 72.4 Å². The summed E-state index contributed by atoms with van der Waals surface area (Å²) in [6, 6.07) is 0. The van der Waals surface area contributed by atoms with Gasteiger partial charge in [-0.15, -0.1) is 0 Å². The molecule has 0 spiro atoms. The van der Waals surface area contributed by atoms with Crippen molar-refractivity contribution in [2.75, 3.05) is 6.54 Å². The van der Waals surface area contributed by atoms with Crippen LogP contribution in [-0.2, 0) is 12.8 Å². The molecule has 66 valence electrons. The van der Waals surface area contributed by atoms with Gasteiger partial charge in [0.2, 0.25) is 0 Å². The highest BCUT2D eigenvalue weighted by Crippen LogP contribution is 2.21. The quantitative estimate of drug-likeness (QED) is 0.606. The summed E-state index contributed by atoms with van der Waals surface area (Å²) >= 11 is 0. The van der Waals surface area contributed by atoms with Crippen molar-refractivity contribution < 1.29 is 0 Å². The third kappa shape index (κ3) is 1.37. The van der Waals surface area contributed by atoms with Crippen LogP contribution in [0.5, 0.6) is 0 Å². The SMILES string of the molecule is NC[C@H]1CCCc2cn[nH]c2C1. The molecule has 3 heteroatoms. The highest BCUT2D eigenvalue weighted by Gasteiger charge is 2.16. The van der Waals surface area contributed by atoms with Crippen LogP contribution in [-0.4, -0.2) is 16.7 Å². The Bertz CT molecular complexity index is 254. The number of rotatable bonds is 1. The van der Waals surface area contributed by atoms with Crippen LogP contribution in [0.4, 0.5) is 0 Å². The number of fused-ring (bicyclic) bond motifs is 1. The molecule has 3 N–H and O–H groups in total. The molecule has 0 bridgehead atoms. The van der Waals surface area contributed by atoms with E-state index >= 15 is 0 Å². The fourth-order valence-electron chi connectivity index (χ4n) is 1.90. The first-order valence-corrected chi connectivity index (χ1v) is 4.61. The van der Waals surface area contributed by atoms with Crippen molar-refractivity contribution in [3.63, 3.8) is 0 Å². The van der Waals surface area contributed by atoms with Crippen molar-refractivity contribution in [1.29, 1.82) is 0 Å². The van der Waals surface area contributed by atoms with E-state index in [1.54, 1.807) is 0 Å². The number of aromatic nitrogens is 2. The van der Waals surface area contributed by atoms with Crippen LogP contribution in [0.3, 0.4) is 0 Å². The van der Waals surface area contributed by atoms with Crippen molar-refractivity contribution in [1.82, 2.24) is 10.2 Å². The molecule has 12 heavy (non-hydrogen) atoms. The van der Waals surface area contributed by atoms with Gasteiger partial charge in [-0.2, -0.15) is 5.10 Å². The third-order valence-electron chi connectivity index (χ3n) is 2.69. The molecule has 1 atom stereocenters. The van der Waals surface area contributed by atoms with Gasteiger partial charge in [0.25, 0.3) is 0 Å². The molecule has 0 fully saturated rings. The molecule has 1 heterocycles. The highest BCUT2D eigenvalue weighted by molar-refractivity contribution is 5.18. The fraction of sp³-hybridized carbons (Fsp3) is 0.667. The lowest BCUT2D eigenvalue weighted by molar-refractivity contribution is 0.486. The molecule has 3 nitrogen and oxygen atoms in total. The van der Waals surface area contributed by atoms with E-state index in [-0.39, 0.29) is 0 Å². The summed E-state index contributed by atoms with van der Waals surface area (Å²) in [6.45, 7) is 0.804. The topological polar surface area (TPSA) is 54.7 Å². The van der Waals surface area contributed by atoms with E-state index in [1.807, 2.05) is 6.20 Å². The summed E-state index contributed by atoms with van der Waals surface area (Å²) in [5, 5.41) is 7.10. The second-order valence-electron chi connectivity index (χ2n) is 3.57. The van der Waals surface area contributed by atoms with Gasteiger partial charge in [-0.05, 0) is 43.7 Å². The van der Waals surface area contributed by atoms with E-state index in [0.717, 1.165) is 13.0 Å². The van der Waals surface area contributed by atoms with E-state index in [9.17, 15) is 0 Å². The van der Waals surface area contributed by atoms with Gasteiger partial charge in [0.1, 0.15) is 0 Å². The Balaban J connectivity index is 2.18. The van der Waals surface area contributed by atoms with E-state index in [1.165, 1.54) is 30.5 Å². The lowest BCUT2D eigenvalue weighted by Crippen LogP contribution is -2.16. The number of nitrogens with zero attached hydrogens (tertiary/aromatic N) is 1. The number of aryl methyl sites for hydroxylation is 1.